The molecule has 0 aliphatic carbocycles. The Labute approximate surface area is 152 Å². The molecule has 0 spiro atoms. The van der Waals surface area contributed by atoms with Crippen LogP contribution >= 0.6 is 11.8 Å². The molecule has 1 amide bonds. The van der Waals surface area contributed by atoms with Crippen molar-refractivity contribution in [2.45, 2.75) is 22.6 Å². The molecule has 2 aromatic rings. The molecule has 0 aromatic heterocycles. The molecule has 132 valence electrons. The molecule has 0 bridgehead atoms. The van der Waals surface area contributed by atoms with Gasteiger partial charge in [0.05, 0.1) is 5.69 Å². The molecule has 0 unspecified atom stereocenters. The van der Waals surface area contributed by atoms with Gasteiger partial charge in [-0.2, -0.15) is 0 Å². The van der Waals surface area contributed by atoms with Gasteiger partial charge in [0.2, 0.25) is 5.91 Å². The number of carbonyl (C=O) groups excluding carboxylic acids is 1. The van der Waals surface area contributed by atoms with E-state index in [1.165, 1.54) is 0 Å². The fraction of sp³-hybridized carbons (Fsp3) is 0.316. The van der Waals surface area contributed by atoms with Gasteiger partial charge in [0.15, 0.2) is 11.5 Å². The van der Waals surface area contributed by atoms with E-state index in [-0.39, 0.29) is 5.91 Å². The minimum Gasteiger partial charge on any atom is -0.486 e. The average Bonchev–Trinajstić information content (AvgIpc) is 2.63. The lowest BCUT2D eigenvalue weighted by molar-refractivity contribution is -0.116. The Bertz CT molecular complexity index is 722. The zero-order valence-electron chi connectivity index (χ0n) is 14.2. The third kappa shape index (κ3) is 4.90. The number of fused-ring (bicyclic) bond motifs is 1. The molecule has 0 fully saturated rings. The lowest BCUT2D eigenvalue weighted by Gasteiger charge is -2.21. The first-order valence-corrected chi connectivity index (χ1v) is 9.19. The van der Waals surface area contributed by atoms with Crippen molar-refractivity contribution in [2.24, 2.45) is 0 Å². The molecular formula is C19H22N2O3S. The second-order valence-corrected chi connectivity index (χ2v) is 6.78. The molecule has 2 N–H and O–H groups in total. The van der Waals surface area contributed by atoms with Crippen LogP contribution in [0.15, 0.2) is 52.3 Å². The summed E-state index contributed by atoms with van der Waals surface area (Å²) in [7, 11) is 1.88. The van der Waals surface area contributed by atoms with Crippen LogP contribution in [0.3, 0.4) is 0 Å². The highest BCUT2D eigenvalue weighted by atomic mass is 32.2. The third-order valence-electron chi connectivity index (χ3n) is 3.72. The summed E-state index contributed by atoms with van der Waals surface area (Å²) in [4.78, 5) is 14.3. The highest BCUT2D eigenvalue weighted by molar-refractivity contribution is 7.99. The second-order valence-electron chi connectivity index (χ2n) is 5.66. The molecular weight excluding hydrogens is 336 g/mol. The van der Waals surface area contributed by atoms with E-state index in [0.29, 0.717) is 25.4 Å². The first kappa shape index (κ1) is 17.6. The smallest absolute Gasteiger partial charge is 0.224 e. The van der Waals surface area contributed by atoms with E-state index in [0.717, 1.165) is 34.2 Å². The molecule has 1 aliphatic heterocycles. The maximum atomic E-state index is 12.2. The number of nitrogens with one attached hydrogen (secondary N) is 2. The van der Waals surface area contributed by atoms with Gasteiger partial charge in [-0.15, -0.1) is 0 Å². The molecule has 3 rings (SSSR count). The molecule has 0 saturated carbocycles. The van der Waals surface area contributed by atoms with Gasteiger partial charge in [-0.05, 0) is 32.1 Å². The Balaban J connectivity index is 1.82. The second kappa shape index (κ2) is 8.78. The van der Waals surface area contributed by atoms with Crippen LogP contribution in [-0.4, -0.2) is 32.7 Å². The number of rotatable bonds is 7. The molecule has 0 radical (unpaired) electrons. The van der Waals surface area contributed by atoms with E-state index in [4.69, 9.17) is 9.47 Å². The summed E-state index contributed by atoms with van der Waals surface area (Å²) in [5.41, 5.74) is 0.757. The molecule has 5 nitrogen and oxygen atoms in total. The van der Waals surface area contributed by atoms with Gasteiger partial charge in [0.1, 0.15) is 13.2 Å². The van der Waals surface area contributed by atoms with E-state index in [1.54, 1.807) is 11.8 Å². The summed E-state index contributed by atoms with van der Waals surface area (Å²) in [6.07, 6.45) is 1.28. The van der Waals surface area contributed by atoms with Crippen LogP contribution in [0.25, 0.3) is 0 Å². The fourth-order valence-electron chi connectivity index (χ4n) is 2.51. The van der Waals surface area contributed by atoms with Crippen LogP contribution in [-0.2, 0) is 4.79 Å². The van der Waals surface area contributed by atoms with Crippen LogP contribution in [0, 0.1) is 0 Å². The molecule has 25 heavy (non-hydrogen) atoms. The topological polar surface area (TPSA) is 59.6 Å². The Morgan fingerprint density at radius 1 is 1.12 bits per heavy atom. The predicted octanol–water partition coefficient (Wildman–Crippen LogP) is 3.55. The lowest BCUT2D eigenvalue weighted by Crippen LogP contribution is -2.18. The summed E-state index contributed by atoms with van der Waals surface area (Å²) in [6.45, 7) is 1.88. The Morgan fingerprint density at radius 3 is 2.56 bits per heavy atom. The number of hydrogen-bond acceptors (Lipinski definition) is 5. The van der Waals surface area contributed by atoms with Gasteiger partial charge in [0.25, 0.3) is 0 Å². The van der Waals surface area contributed by atoms with Crippen molar-refractivity contribution >= 4 is 23.4 Å². The van der Waals surface area contributed by atoms with Crippen molar-refractivity contribution < 1.29 is 14.3 Å². The highest BCUT2D eigenvalue weighted by Crippen LogP contribution is 2.42. The van der Waals surface area contributed by atoms with E-state index >= 15 is 0 Å². The summed E-state index contributed by atoms with van der Waals surface area (Å²) in [6, 6.07) is 13.9. The monoisotopic (exact) mass is 358 g/mol. The number of ether oxygens (including phenoxy) is 2. The van der Waals surface area contributed by atoms with Crippen LogP contribution in [0.2, 0.25) is 0 Å². The SMILES string of the molecule is CNCCCC(=O)Nc1cc2c(cc1Sc1ccccc1)OCCO2. The largest absolute Gasteiger partial charge is 0.486 e. The van der Waals surface area contributed by atoms with E-state index < -0.39 is 0 Å². The minimum absolute atomic E-state index is 0.00170. The van der Waals surface area contributed by atoms with Crippen molar-refractivity contribution in [3.63, 3.8) is 0 Å². The first-order chi connectivity index (χ1) is 12.3. The molecule has 1 aliphatic rings. The van der Waals surface area contributed by atoms with Crippen molar-refractivity contribution in [1.29, 1.82) is 0 Å². The van der Waals surface area contributed by atoms with Crippen LogP contribution in [0.1, 0.15) is 12.8 Å². The Morgan fingerprint density at radius 2 is 1.84 bits per heavy atom. The normalized spacial score (nSPS) is 12.7. The predicted molar refractivity (Wildman–Crippen MR) is 99.8 cm³/mol. The summed E-state index contributed by atoms with van der Waals surface area (Å²) in [5, 5.41) is 6.07. The van der Waals surface area contributed by atoms with Crippen molar-refractivity contribution in [3.05, 3.63) is 42.5 Å². The first-order valence-electron chi connectivity index (χ1n) is 8.37. The van der Waals surface area contributed by atoms with Crippen LogP contribution in [0.5, 0.6) is 11.5 Å². The number of hydrogen-bond donors (Lipinski definition) is 2. The van der Waals surface area contributed by atoms with E-state index in [1.807, 2.05) is 49.5 Å². The Hall–Kier alpha value is -2.18. The molecule has 2 aromatic carbocycles. The number of carbonyl (C=O) groups is 1. The summed E-state index contributed by atoms with van der Waals surface area (Å²) < 4.78 is 11.3. The number of benzene rings is 2. The van der Waals surface area contributed by atoms with Gasteiger partial charge in [0, 0.05) is 28.3 Å². The molecule has 1 heterocycles. The van der Waals surface area contributed by atoms with Gasteiger partial charge in [-0.3, -0.25) is 4.79 Å². The maximum Gasteiger partial charge on any atom is 0.224 e. The van der Waals surface area contributed by atoms with Crippen molar-refractivity contribution in [3.8, 4) is 11.5 Å². The lowest BCUT2D eigenvalue weighted by atomic mass is 10.2. The van der Waals surface area contributed by atoms with Gasteiger partial charge in [-0.25, -0.2) is 0 Å². The summed E-state index contributed by atoms with van der Waals surface area (Å²) >= 11 is 1.59. The number of anilines is 1. The zero-order valence-corrected chi connectivity index (χ0v) is 15.0. The third-order valence-corrected chi connectivity index (χ3v) is 4.79. The Kier molecular flexibility index (Phi) is 6.19. The fourth-order valence-corrected chi connectivity index (χ4v) is 3.44. The van der Waals surface area contributed by atoms with E-state index in [9.17, 15) is 4.79 Å². The van der Waals surface area contributed by atoms with E-state index in [2.05, 4.69) is 10.6 Å². The average molecular weight is 358 g/mol. The minimum atomic E-state index is 0.00170. The zero-order chi connectivity index (χ0) is 17.5. The van der Waals surface area contributed by atoms with Crippen LogP contribution in [0.4, 0.5) is 5.69 Å². The summed E-state index contributed by atoms with van der Waals surface area (Å²) in [5.74, 6) is 1.40. The van der Waals surface area contributed by atoms with Gasteiger partial charge < -0.3 is 20.1 Å². The molecule has 0 atom stereocenters. The van der Waals surface area contributed by atoms with Gasteiger partial charge >= 0.3 is 0 Å². The van der Waals surface area contributed by atoms with Crippen molar-refractivity contribution in [1.82, 2.24) is 5.32 Å². The van der Waals surface area contributed by atoms with Gasteiger partial charge in [-0.1, -0.05) is 30.0 Å². The van der Waals surface area contributed by atoms with Crippen molar-refractivity contribution in [2.75, 3.05) is 32.1 Å². The molecule has 0 saturated heterocycles. The van der Waals surface area contributed by atoms with Crippen LogP contribution < -0.4 is 20.1 Å². The quantitative estimate of drug-likeness (QED) is 0.741. The molecule has 6 heteroatoms. The number of amides is 1. The highest BCUT2D eigenvalue weighted by Gasteiger charge is 2.18. The standard InChI is InChI=1S/C19H22N2O3S/c1-20-9-5-8-19(22)21-15-12-16-17(24-11-10-23-16)13-18(15)25-14-6-3-2-4-7-14/h2-4,6-7,12-13,20H,5,8-11H2,1H3,(H,21,22). The maximum absolute atomic E-state index is 12.2.